The van der Waals surface area contributed by atoms with Gasteiger partial charge in [-0.3, -0.25) is 9.59 Å². The van der Waals surface area contributed by atoms with Gasteiger partial charge in [-0.25, -0.2) is 4.79 Å². The SMILES string of the molecule is COC(=O)c1c(SCC(=O)Nc2ccc(OC)cc2)[nH]c2ccc(C)cc2c1=O. The molecule has 3 rings (SSSR count). The van der Waals surface area contributed by atoms with E-state index in [4.69, 9.17) is 9.47 Å². The van der Waals surface area contributed by atoms with Crippen molar-refractivity contribution in [3.63, 3.8) is 0 Å². The van der Waals surface area contributed by atoms with Gasteiger partial charge in [-0.1, -0.05) is 23.4 Å². The molecule has 1 amide bonds. The van der Waals surface area contributed by atoms with E-state index in [2.05, 4.69) is 10.3 Å². The lowest BCUT2D eigenvalue weighted by atomic mass is 10.1. The Hall–Kier alpha value is -3.26. The number of amides is 1. The number of benzene rings is 2. The van der Waals surface area contributed by atoms with Crippen LogP contribution in [0.1, 0.15) is 15.9 Å². The van der Waals surface area contributed by atoms with E-state index in [0.717, 1.165) is 17.3 Å². The molecule has 3 aromatic rings. The van der Waals surface area contributed by atoms with Gasteiger partial charge in [0.1, 0.15) is 11.3 Å². The molecule has 2 N–H and O–H groups in total. The number of esters is 1. The third kappa shape index (κ3) is 4.60. The zero-order chi connectivity index (χ0) is 21.0. The van der Waals surface area contributed by atoms with Gasteiger partial charge in [-0.05, 0) is 43.3 Å². The first-order valence-corrected chi connectivity index (χ1v) is 9.73. The molecule has 0 atom stereocenters. The number of fused-ring (bicyclic) bond motifs is 1. The number of H-pyrrole nitrogens is 1. The number of nitrogens with one attached hydrogen (secondary N) is 2. The molecule has 0 saturated carbocycles. The van der Waals surface area contributed by atoms with Crippen LogP contribution >= 0.6 is 11.8 Å². The number of methoxy groups -OCH3 is 2. The topological polar surface area (TPSA) is 97.5 Å². The molecule has 1 heterocycles. The van der Waals surface area contributed by atoms with Gasteiger partial charge in [0.15, 0.2) is 0 Å². The van der Waals surface area contributed by atoms with Crippen molar-refractivity contribution in [1.82, 2.24) is 4.98 Å². The molecule has 0 aliphatic carbocycles. The lowest BCUT2D eigenvalue weighted by Crippen LogP contribution is -2.20. The number of aromatic nitrogens is 1. The van der Waals surface area contributed by atoms with Crippen LogP contribution in [0.5, 0.6) is 5.75 Å². The first kappa shape index (κ1) is 20.5. The largest absolute Gasteiger partial charge is 0.497 e. The third-order valence-corrected chi connectivity index (χ3v) is 5.23. The molecular weight excluding hydrogens is 392 g/mol. The lowest BCUT2D eigenvalue weighted by Gasteiger charge is -2.10. The summed E-state index contributed by atoms with van der Waals surface area (Å²) in [5.74, 6) is -0.332. The van der Waals surface area contributed by atoms with Crippen molar-refractivity contribution in [3.05, 3.63) is 63.8 Å². The second kappa shape index (κ2) is 8.83. The first-order valence-electron chi connectivity index (χ1n) is 8.74. The van der Waals surface area contributed by atoms with Crippen molar-refractivity contribution in [2.75, 3.05) is 25.3 Å². The molecule has 0 aliphatic rings. The molecule has 0 bridgehead atoms. The number of carbonyl (C=O) groups is 2. The van der Waals surface area contributed by atoms with E-state index < -0.39 is 11.4 Å². The van der Waals surface area contributed by atoms with Crippen LogP contribution in [0.4, 0.5) is 5.69 Å². The molecular formula is C21H20N2O5S. The minimum atomic E-state index is -0.743. The fourth-order valence-electron chi connectivity index (χ4n) is 2.78. The van der Waals surface area contributed by atoms with Gasteiger partial charge in [-0.15, -0.1) is 0 Å². The number of carbonyl (C=O) groups excluding carboxylic acids is 2. The average molecular weight is 412 g/mol. The molecule has 29 heavy (non-hydrogen) atoms. The number of ether oxygens (including phenoxy) is 2. The smallest absolute Gasteiger partial charge is 0.344 e. The molecule has 8 heteroatoms. The van der Waals surface area contributed by atoms with Crippen LogP contribution < -0.4 is 15.5 Å². The molecule has 2 aromatic carbocycles. The Bertz CT molecular complexity index is 1120. The van der Waals surface area contributed by atoms with E-state index >= 15 is 0 Å². The van der Waals surface area contributed by atoms with Crippen LogP contribution in [0, 0.1) is 6.92 Å². The molecule has 0 spiro atoms. The highest BCUT2D eigenvalue weighted by atomic mass is 32.2. The number of hydrogen-bond donors (Lipinski definition) is 2. The van der Waals surface area contributed by atoms with E-state index in [1.807, 2.05) is 13.0 Å². The molecule has 0 unspecified atom stereocenters. The zero-order valence-electron chi connectivity index (χ0n) is 16.2. The second-order valence-electron chi connectivity index (χ2n) is 6.26. The Kier molecular flexibility index (Phi) is 6.23. The Morgan fingerprint density at radius 3 is 2.48 bits per heavy atom. The molecule has 0 fully saturated rings. The number of thioether (sulfide) groups is 1. The van der Waals surface area contributed by atoms with E-state index in [1.165, 1.54) is 7.11 Å². The van der Waals surface area contributed by atoms with Crippen molar-refractivity contribution >= 4 is 40.2 Å². The fourth-order valence-corrected chi connectivity index (χ4v) is 3.63. The monoisotopic (exact) mass is 412 g/mol. The highest BCUT2D eigenvalue weighted by molar-refractivity contribution is 8.00. The van der Waals surface area contributed by atoms with Crippen molar-refractivity contribution in [2.45, 2.75) is 11.9 Å². The van der Waals surface area contributed by atoms with Crippen LogP contribution in [-0.2, 0) is 9.53 Å². The summed E-state index contributed by atoms with van der Waals surface area (Å²) in [5, 5.41) is 3.46. The van der Waals surface area contributed by atoms with Crippen molar-refractivity contribution < 1.29 is 19.1 Å². The van der Waals surface area contributed by atoms with E-state index in [0.29, 0.717) is 27.4 Å². The summed E-state index contributed by atoms with van der Waals surface area (Å²) >= 11 is 1.07. The molecule has 0 saturated heterocycles. The normalized spacial score (nSPS) is 10.6. The van der Waals surface area contributed by atoms with Crippen LogP contribution in [0.25, 0.3) is 10.9 Å². The Morgan fingerprint density at radius 1 is 1.10 bits per heavy atom. The Labute approximate surface area is 171 Å². The Balaban J connectivity index is 1.84. The van der Waals surface area contributed by atoms with Gasteiger partial charge in [-0.2, -0.15) is 0 Å². The number of pyridine rings is 1. The van der Waals surface area contributed by atoms with Gasteiger partial charge in [0.05, 0.1) is 30.5 Å². The van der Waals surface area contributed by atoms with Gasteiger partial charge in [0, 0.05) is 11.1 Å². The maximum absolute atomic E-state index is 12.9. The summed E-state index contributed by atoms with van der Waals surface area (Å²) < 4.78 is 9.86. The van der Waals surface area contributed by atoms with Gasteiger partial charge < -0.3 is 19.8 Å². The molecule has 1 aromatic heterocycles. The van der Waals surface area contributed by atoms with Crippen molar-refractivity contribution in [1.29, 1.82) is 0 Å². The predicted molar refractivity (Wildman–Crippen MR) is 113 cm³/mol. The van der Waals surface area contributed by atoms with Crippen LogP contribution in [0.2, 0.25) is 0 Å². The van der Waals surface area contributed by atoms with E-state index in [-0.39, 0.29) is 17.2 Å². The van der Waals surface area contributed by atoms with Gasteiger partial charge in [0.2, 0.25) is 11.3 Å². The quantitative estimate of drug-likeness (QED) is 0.476. The minimum absolute atomic E-state index is 0.00331. The highest BCUT2D eigenvalue weighted by Crippen LogP contribution is 2.23. The summed E-state index contributed by atoms with van der Waals surface area (Å²) in [6.07, 6.45) is 0. The summed E-state index contributed by atoms with van der Waals surface area (Å²) in [7, 11) is 2.78. The summed E-state index contributed by atoms with van der Waals surface area (Å²) in [4.78, 5) is 40.5. The fraction of sp³-hybridized carbons (Fsp3) is 0.190. The van der Waals surface area contributed by atoms with Crippen molar-refractivity contribution in [3.8, 4) is 5.75 Å². The number of hydrogen-bond acceptors (Lipinski definition) is 6. The average Bonchev–Trinajstić information content (AvgIpc) is 2.73. The molecule has 150 valence electrons. The maximum Gasteiger partial charge on any atom is 0.344 e. The lowest BCUT2D eigenvalue weighted by molar-refractivity contribution is -0.113. The van der Waals surface area contributed by atoms with Gasteiger partial charge >= 0.3 is 5.97 Å². The minimum Gasteiger partial charge on any atom is -0.497 e. The summed E-state index contributed by atoms with van der Waals surface area (Å²) in [6.45, 7) is 1.86. The first-order chi connectivity index (χ1) is 13.9. The van der Waals surface area contributed by atoms with Crippen LogP contribution in [-0.4, -0.2) is 36.8 Å². The third-order valence-electron chi connectivity index (χ3n) is 4.23. The zero-order valence-corrected chi connectivity index (χ0v) is 17.0. The van der Waals surface area contributed by atoms with Crippen molar-refractivity contribution in [2.24, 2.45) is 0 Å². The predicted octanol–water partition coefficient (Wildman–Crippen LogP) is 3.36. The summed E-state index contributed by atoms with van der Waals surface area (Å²) in [5.41, 5.74) is 1.58. The van der Waals surface area contributed by atoms with E-state index in [9.17, 15) is 14.4 Å². The van der Waals surface area contributed by atoms with E-state index in [1.54, 1.807) is 43.5 Å². The number of aryl methyl sites for hydroxylation is 1. The van der Waals surface area contributed by atoms with Gasteiger partial charge in [0.25, 0.3) is 0 Å². The standard InChI is InChI=1S/C21H20N2O5S/c1-12-4-9-16-15(10-12)19(25)18(21(26)28-3)20(23-16)29-11-17(24)22-13-5-7-14(27-2)8-6-13/h4-10H,11H2,1-3H3,(H,22,24)(H,23,25). The number of anilines is 1. The Morgan fingerprint density at radius 2 is 1.83 bits per heavy atom. The highest BCUT2D eigenvalue weighted by Gasteiger charge is 2.21. The van der Waals surface area contributed by atoms with Crippen LogP contribution in [0.3, 0.4) is 0 Å². The molecule has 7 nitrogen and oxygen atoms in total. The molecule has 0 aliphatic heterocycles. The maximum atomic E-state index is 12.9. The number of aromatic amines is 1. The summed E-state index contributed by atoms with van der Waals surface area (Å²) in [6, 6.07) is 12.3. The number of rotatable bonds is 6. The second-order valence-corrected chi connectivity index (χ2v) is 7.25. The van der Waals surface area contributed by atoms with Crippen LogP contribution in [0.15, 0.2) is 52.3 Å². The molecule has 0 radical (unpaired) electrons.